The smallest absolute Gasteiger partial charge is 0.185 e. The second kappa shape index (κ2) is 4.87. The lowest BCUT2D eigenvalue weighted by molar-refractivity contribution is 0.292. The highest BCUT2D eigenvalue weighted by Crippen LogP contribution is 2.18. The first-order valence-corrected chi connectivity index (χ1v) is 6.19. The molecular formula is C9H14N4S2. The van der Waals surface area contributed by atoms with Crippen LogP contribution >= 0.6 is 23.6 Å². The fourth-order valence-corrected chi connectivity index (χ4v) is 2.57. The first-order chi connectivity index (χ1) is 7.25. The summed E-state index contributed by atoms with van der Waals surface area (Å²) >= 11 is 6.59. The average Bonchev–Trinajstić information content (AvgIpc) is 2.71. The van der Waals surface area contributed by atoms with Gasteiger partial charge in [-0.1, -0.05) is 12.2 Å². The van der Waals surface area contributed by atoms with Crippen LogP contribution in [0.15, 0.2) is 11.6 Å². The van der Waals surface area contributed by atoms with E-state index in [0.717, 1.165) is 37.9 Å². The summed E-state index contributed by atoms with van der Waals surface area (Å²) in [5, 5.41) is 3.13. The third-order valence-corrected chi connectivity index (χ3v) is 3.40. The molecule has 2 rings (SSSR count). The number of thiocarbonyl (C=S) groups is 1. The Morgan fingerprint density at radius 1 is 1.47 bits per heavy atom. The molecule has 0 radical (unpaired) electrons. The van der Waals surface area contributed by atoms with Crippen molar-refractivity contribution < 1.29 is 0 Å². The Balaban J connectivity index is 1.84. The van der Waals surface area contributed by atoms with Gasteiger partial charge in [0.05, 0.1) is 4.99 Å². The molecule has 4 nitrogen and oxygen atoms in total. The highest BCUT2D eigenvalue weighted by atomic mass is 32.1. The van der Waals surface area contributed by atoms with Gasteiger partial charge >= 0.3 is 0 Å². The van der Waals surface area contributed by atoms with Gasteiger partial charge in [-0.3, -0.25) is 4.90 Å². The molecule has 82 valence electrons. The second-order valence-corrected chi connectivity index (χ2v) is 4.94. The van der Waals surface area contributed by atoms with Gasteiger partial charge < -0.3 is 10.6 Å². The Labute approximate surface area is 98.7 Å². The van der Waals surface area contributed by atoms with E-state index >= 15 is 0 Å². The van der Waals surface area contributed by atoms with Crippen molar-refractivity contribution >= 4 is 33.7 Å². The summed E-state index contributed by atoms with van der Waals surface area (Å²) in [5.74, 6) is 0. The van der Waals surface area contributed by atoms with Crippen molar-refractivity contribution in [1.82, 2.24) is 9.88 Å². The highest BCUT2D eigenvalue weighted by molar-refractivity contribution is 7.80. The zero-order chi connectivity index (χ0) is 10.7. The number of nitrogens with two attached hydrogens (primary N) is 1. The van der Waals surface area contributed by atoms with Crippen molar-refractivity contribution in [2.45, 2.75) is 0 Å². The van der Waals surface area contributed by atoms with Crippen LogP contribution in [0.1, 0.15) is 0 Å². The van der Waals surface area contributed by atoms with Crippen molar-refractivity contribution in [2.24, 2.45) is 5.73 Å². The van der Waals surface area contributed by atoms with Gasteiger partial charge in [-0.25, -0.2) is 4.98 Å². The molecule has 0 spiro atoms. The van der Waals surface area contributed by atoms with Crippen molar-refractivity contribution in [2.75, 3.05) is 37.6 Å². The van der Waals surface area contributed by atoms with Gasteiger partial charge in [-0.05, 0) is 0 Å². The largest absolute Gasteiger partial charge is 0.392 e. The molecule has 0 unspecified atom stereocenters. The van der Waals surface area contributed by atoms with Crippen LogP contribution < -0.4 is 10.6 Å². The van der Waals surface area contributed by atoms with E-state index in [-0.39, 0.29) is 0 Å². The number of hydrogen-bond acceptors (Lipinski definition) is 5. The summed E-state index contributed by atoms with van der Waals surface area (Å²) in [4.78, 5) is 9.47. The molecule has 15 heavy (non-hydrogen) atoms. The third kappa shape index (κ3) is 2.87. The van der Waals surface area contributed by atoms with Crippen molar-refractivity contribution in [3.8, 4) is 0 Å². The summed E-state index contributed by atoms with van der Waals surface area (Å²) in [5.41, 5.74) is 5.52. The minimum atomic E-state index is 0.581. The van der Waals surface area contributed by atoms with Crippen LogP contribution in [0.4, 0.5) is 5.13 Å². The molecule has 0 saturated carbocycles. The Hall–Kier alpha value is -0.720. The SMILES string of the molecule is NC(=S)CN1CCN(c2nccs2)CC1. The minimum absolute atomic E-state index is 0.581. The van der Waals surface area contributed by atoms with E-state index in [1.165, 1.54) is 0 Å². The first kappa shape index (κ1) is 10.8. The van der Waals surface area contributed by atoms with Crippen LogP contribution in [0.3, 0.4) is 0 Å². The summed E-state index contributed by atoms with van der Waals surface area (Å²) in [7, 11) is 0. The van der Waals surface area contributed by atoms with E-state index < -0.39 is 0 Å². The standard InChI is InChI=1S/C9H14N4S2/c10-8(14)7-12-2-4-13(5-3-12)9-11-1-6-15-9/h1,6H,2-5,7H2,(H2,10,14). The number of piperazine rings is 1. The van der Waals surface area contributed by atoms with Gasteiger partial charge in [-0.2, -0.15) is 0 Å². The van der Waals surface area contributed by atoms with Gasteiger partial charge in [0.25, 0.3) is 0 Å². The third-order valence-electron chi connectivity index (χ3n) is 2.44. The van der Waals surface area contributed by atoms with Gasteiger partial charge in [-0.15, -0.1) is 11.3 Å². The molecule has 2 heterocycles. The monoisotopic (exact) mass is 242 g/mol. The van der Waals surface area contributed by atoms with E-state index in [4.69, 9.17) is 18.0 Å². The molecular weight excluding hydrogens is 228 g/mol. The summed E-state index contributed by atoms with van der Waals surface area (Å²) in [6.45, 7) is 4.78. The molecule has 0 aliphatic carbocycles. The van der Waals surface area contributed by atoms with Gasteiger partial charge in [0, 0.05) is 44.3 Å². The van der Waals surface area contributed by atoms with Crippen molar-refractivity contribution in [3.05, 3.63) is 11.6 Å². The maximum atomic E-state index is 5.52. The fraction of sp³-hybridized carbons (Fsp3) is 0.556. The Morgan fingerprint density at radius 3 is 2.73 bits per heavy atom. The number of hydrogen-bond donors (Lipinski definition) is 1. The molecule has 1 aliphatic heterocycles. The van der Waals surface area contributed by atoms with Gasteiger partial charge in [0.15, 0.2) is 5.13 Å². The fourth-order valence-electron chi connectivity index (χ4n) is 1.69. The van der Waals surface area contributed by atoms with Crippen LogP contribution in [-0.2, 0) is 0 Å². The predicted octanol–water partition coefficient (Wildman–Crippen LogP) is 0.551. The minimum Gasteiger partial charge on any atom is -0.392 e. The molecule has 0 atom stereocenters. The zero-order valence-electron chi connectivity index (χ0n) is 8.43. The van der Waals surface area contributed by atoms with Gasteiger partial charge in [0.2, 0.25) is 0 Å². The molecule has 1 aromatic heterocycles. The topological polar surface area (TPSA) is 45.4 Å². The molecule has 0 aromatic carbocycles. The number of nitrogens with zero attached hydrogens (tertiary/aromatic N) is 3. The zero-order valence-corrected chi connectivity index (χ0v) is 10.1. The molecule has 0 bridgehead atoms. The van der Waals surface area contributed by atoms with E-state index in [0.29, 0.717) is 4.99 Å². The molecule has 0 amide bonds. The summed E-state index contributed by atoms with van der Waals surface area (Å²) in [6.07, 6.45) is 1.85. The average molecular weight is 242 g/mol. The Bertz CT molecular complexity index is 317. The number of rotatable bonds is 3. The quantitative estimate of drug-likeness (QED) is 0.784. The van der Waals surface area contributed by atoms with Crippen LogP contribution in [0.5, 0.6) is 0 Å². The van der Waals surface area contributed by atoms with E-state index in [1.807, 2.05) is 11.6 Å². The lowest BCUT2D eigenvalue weighted by atomic mass is 10.3. The lowest BCUT2D eigenvalue weighted by Gasteiger charge is -2.34. The maximum absolute atomic E-state index is 5.52. The predicted molar refractivity (Wildman–Crippen MR) is 67.6 cm³/mol. The molecule has 2 N–H and O–H groups in total. The lowest BCUT2D eigenvalue weighted by Crippen LogP contribution is -2.48. The molecule has 6 heteroatoms. The van der Waals surface area contributed by atoms with Crippen LogP contribution in [0, 0.1) is 0 Å². The normalized spacial score (nSPS) is 18.0. The van der Waals surface area contributed by atoms with E-state index in [9.17, 15) is 0 Å². The number of anilines is 1. The van der Waals surface area contributed by atoms with Crippen molar-refractivity contribution in [3.63, 3.8) is 0 Å². The molecule has 1 aromatic rings. The Morgan fingerprint density at radius 2 is 2.20 bits per heavy atom. The van der Waals surface area contributed by atoms with Gasteiger partial charge in [0.1, 0.15) is 0 Å². The highest BCUT2D eigenvalue weighted by Gasteiger charge is 2.18. The van der Waals surface area contributed by atoms with Crippen LogP contribution in [0.2, 0.25) is 0 Å². The van der Waals surface area contributed by atoms with Crippen LogP contribution in [0.25, 0.3) is 0 Å². The van der Waals surface area contributed by atoms with Crippen molar-refractivity contribution in [1.29, 1.82) is 0 Å². The molecule has 1 saturated heterocycles. The second-order valence-electron chi connectivity index (χ2n) is 3.54. The summed E-state index contributed by atoms with van der Waals surface area (Å²) < 4.78 is 0. The van der Waals surface area contributed by atoms with Crippen LogP contribution in [-0.4, -0.2) is 47.6 Å². The summed E-state index contributed by atoms with van der Waals surface area (Å²) in [6, 6.07) is 0. The molecule has 1 fully saturated rings. The maximum Gasteiger partial charge on any atom is 0.185 e. The van der Waals surface area contributed by atoms with E-state index in [1.54, 1.807) is 11.3 Å². The first-order valence-electron chi connectivity index (χ1n) is 4.91. The number of aromatic nitrogens is 1. The van der Waals surface area contributed by atoms with E-state index in [2.05, 4.69) is 14.8 Å². The molecule has 1 aliphatic rings. The number of thiazole rings is 1. The Kier molecular flexibility index (Phi) is 3.50.